The first-order valence-corrected chi connectivity index (χ1v) is 6.86. The second kappa shape index (κ2) is 4.85. The summed E-state index contributed by atoms with van der Waals surface area (Å²) < 4.78 is 5.16. The van der Waals surface area contributed by atoms with E-state index in [1.54, 1.807) is 23.7 Å². The minimum atomic E-state index is 0.340. The molecule has 3 aromatic heterocycles. The van der Waals surface area contributed by atoms with E-state index in [-0.39, 0.29) is 0 Å². The Morgan fingerprint density at radius 3 is 2.68 bits per heavy atom. The standard InChI is InChI=1S/C14H13N3OS/c1-2-10-3-4-11(19-10)13-12(14(15)18-17-13)9-5-7-16-8-6-9/h3-8H,2,15H2,1H3. The summed E-state index contributed by atoms with van der Waals surface area (Å²) in [6.07, 6.45) is 4.48. The Morgan fingerprint density at radius 2 is 2.00 bits per heavy atom. The molecule has 0 saturated carbocycles. The molecular formula is C14H13N3OS. The van der Waals surface area contributed by atoms with E-state index in [9.17, 15) is 0 Å². The fourth-order valence-corrected chi connectivity index (χ4v) is 2.90. The number of hydrogen-bond acceptors (Lipinski definition) is 5. The number of aromatic nitrogens is 2. The first-order chi connectivity index (χ1) is 9.29. The van der Waals surface area contributed by atoms with Crippen molar-refractivity contribution in [3.63, 3.8) is 0 Å². The Bertz CT molecular complexity index is 688. The molecule has 0 spiro atoms. The predicted molar refractivity (Wildman–Crippen MR) is 76.8 cm³/mol. The molecular weight excluding hydrogens is 258 g/mol. The summed E-state index contributed by atoms with van der Waals surface area (Å²) in [4.78, 5) is 6.41. The Morgan fingerprint density at radius 1 is 1.21 bits per heavy atom. The number of thiophene rings is 1. The highest BCUT2D eigenvalue weighted by atomic mass is 32.1. The number of nitrogens with two attached hydrogens (primary N) is 1. The van der Waals surface area contributed by atoms with Crippen molar-refractivity contribution in [2.75, 3.05) is 5.73 Å². The molecule has 3 heterocycles. The van der Waals surface area contributed by atoms with Gasteiger partial charge in [-0.05, 0) is 36.2 Å². The van der Waals surface area contributed by atoms with E-state index in [1.165, 1.54) is 4.88 Å². The van der Waals surface area contributed by atoms with E-state index in [2.05, 4.69) is 29.2 Å². The molecule has 2 N–H and O–H groups in total. The van der Waals surface area contributed by atoms with Gasteiger partial charge < -0.3 is 10.3 Å². The monoisotopic (exact) mass is 271 g/mol. The van der Waals surface area contributed by atoms with Crippen molar-refractivity contribution < 1.29 is 4.52 Å². The lowest BCUT2D eigenvalue weighted by Gasteiger charge is -2.00. The number of hydrogen-bond donors (Lipinski definition) is 1. The van der Waals surface area contributed by atoms with E-state index in [0.29, 0.717) is 5.88 Å². The van der Waals surface area contributed by atoms with Gasteiger partial charge in [0.25, 0.3) is 0 Å². The van der Waals surface area contributed by atoms with Crippen molar-refractivity contribution in [2.45, 2.75) is 13.3 Å². The third kappa shape index (κ3) is 2.13. The van der Waals surface area contributed by atoms with Gasteiger partial charge in [0.1, 0.15) is 5.69 Å². The number of anilines is 1. The number of nitrogens with zero attached hydrogens (tertiary/aromatic N) is 2. The van der Waals surface area contributed by atoms with Crippen molar-refractivity contribution in [3.8, 4) is 21.7 Å². The normalized spacial score (nSPS) is 10.8. The van der Waals surface area contributed by atoms with Crippen LogP contribution in [0.2, 0.25) is 0 Å². The number of rotatable bonds is 3. The molecule has 0 atom stereocenters. The highest BCUT2D eigenvalue weighted by Gasteiger charge is 2.18. The molecule has 19 heavy (non-hydrogen) atoms. The molecule has 0 aliphatic heterocycles. The molecule has 96 valence electrons. The quantitative estimate of drug-likeness (QED) is 0.790. The summed E-state index contributed by atoms with van der Waals surface area (Å²) >= 11 is 1.71. The van der Waals surface area contributed by atoms with E-state index < -0.39 is 0 Å². The molecule has 0 aromatic carbocycles. The molecule has 5 heteroatoms. The Balaban J connectivity index is 2.13. The van der Waals surface area contributed by atoms with Crippen LogP contribution in [0.3, 0.4) is 0 Å². The first kappa shape index (κ1) is 11.9. The maximum Gasteiger partial charge on any atom is 0.230 e. The maximum atomic E-state index is 5.91. The molecule has 3 aromatic rings. The van der Waals surface area contributed by atoms with E-state index in [1.807, 2.05) is 12.1 Å². The third-order valence-electron chi connectivity index (χ3n) is 2.93. The van der Waals surface area contributed by atoms with E-state index in [4.69, 9.17) is 10.3 Å². The molecule has 0 fully saturated rings. The highest BCUT2D eigenvalue weighted by Crippen LogP contribution is 2.38. The zero-order valence-electron chi connectivity index (χ0n) is 10.5. The molecule has 4 nitrogen and oxygen atoms in total. The molecule has 0 unspecified atom stereocenters. The third-order valence-corrected chi connectivity index (χ3v) is 4.17. The van der Waals surface area contributed by atoms with Gasteiger partial charge in [0, 0.05) is 17.3 Å². The molecule has 0 aliphatic rings. The summed E-state index contributed by atoms with van der Waals surface area (Å²) in [5.74, 6) is 0.340. The predicted octanol–water partition coefficient (Wildman–Crippen LogP) is 3.61. The average molecular weight is 271 g/mol. The lowest BCUT2D eigenvalue weighted by atomic mass is 10.1. The summed E-state index contributed by atoms with van der Waals surface area (Å²) in [7, 11) is 0. The SMILES string of the molecule is CCc1ccc(-c2noc(N)c2-c2ccncc2)s1. The van der Waals surface area contributed by atoms with Gasteiger partial charge in [-0.25, -0.2) is 0 Å². The van der Waals surface area contributed by atoms with Gasteiger partial charge in [-0.2, -0.15) is 0 Å². The fourth-order valence-electron chi connectivity index (χ4n) is 1.96. The van der Waals surface area contributed by atoms with Crippen LogP contribution in [0.15, 0.2) is 41.2 Å². The van der Waals surface area contributed by atoms with Crippen LogP contribution in [0.4, 0.5) is 5.88 Å². The molecule has 0 aliphatic carbocycles. The topological polar surface area (TPSA) is 64.9 Å². The van der Waals surface area contributed by atoms with Crippen molar-refractivity contribution in [1.82, 2.24) is 10.1 Å². The van der Waals surface area contributed by atoms with Crippen LogP contribution < -0.4 is 5.73 Å². The second-order valence-electron chi connectivity index (χ2n) is 4.13. The van der Waals surface area contributed by atoms with Crippen LogP contribution in [0.5, 0.6) is 0 Å². The number of nitrogen functional groups attached to an aromatic ring is 1. The molecule has 3 rings (SSSR count). The van der Waals surface area contributed by atoms with Gasteiger partial charge in [0.15, 0.2) is 0 Å². The largest absolute Gasteiger partial charge is 0.367 e. The lowest BCUT2D eigenvalue weighted by molar-refractivity contribution is 0.439. The zero-order valence-corrected chi connectivity index (χ0v) is 11.3. The highest BCUT2D eigenvalue weighted by molar-refractivity contribution is 7.15. The summed E-state index contributed by atoms with van der Waals surface area (Å²) in [6, 6.07) is 7.98. The molecule has 0 bridgehead atoms. The van der Waals surface area contributed by atoms with Crippen LogP contribution in [-0.4, -0.2) is 10.1 Å². The van der Waals surface area contributed by atoms with E-state index >= 15 is 0 Å². The van der Waals surface area contributed by atoms with E-state index in [0.717, 1.165) is 28.1 Å². The van der Waals surface area contributed by atoms with Crippen LogP contribution in [0, 0.1) is 0 Å². The van der Waals surface area contributed by atoms with Gasteiger partial charge in [0.2, 0.25) is 5.88 Å². The number of pyridine rings is 1. The van der Waals surface area contributed by atoms with Crippen molar-refractivity contribution in [2.24, 2.45) is 0 Å². The maximum absolute atomic E-state index is 5.91. The molecule has 0 saturated heterocycles. The van der Waals surface area contributed by atoms with Crippen LogP contribution >= 0.6 is 11.3 Å². The minimum Gasteiger partial charge on any atom is -0.367 e. The van der Waals surface area contributed by atoms with Crippen molar-refractivity contribution >= 4 is 17.2 Å². The second-order valence-corrected chi connectivity index (χ2v) is 5.29. The number of aryl methyl sites for hydroxylation is 1. The fraction of sp³-hybridized carbons (Fsp3) is 0.143. The molecule has 0 amide bonds. The van der Waals surface area contributed by atoms with Crippen molar-refractivity contribution in [3.05, 3.63) is 41.5 Å². The smallest absolute Gasteiger partial charge is 0.230 e. The first-order valence-electron chi connectivity index (χ1n) is 6.04. The average Bonchev–Trinajstić information content (AvgIpc) is 3.05. The lowest BCUT2D eigenvalue weighted by Crippen LogP contribution is -1.86. The molecule has 0 radical (unpaired) electrons. The Kier molecular flexibility index (Phi) is 3.05. The van der Waals surface area contributed by atoms with Gasteiger partial charge in [0.05, 0.1) is 10.4 Å². The van der Waals surface area contributed by atoms with Gasteiger partial charge in [-0.3, -0.25) is 4.98 Å². The summed E-state index contributed by atoms with van der Waals surface area (Å²) in [6.45, 7) is 2.14. The summed E-state index contributed by atoms with van der Waals surface area (Å²) in [5, 5.41) is 4.10. The van der Waals surface area contributed by atoms with Crippen LogP contribution in [0.25, 0.3) is 21.7 Å². The van der Waals surface area contributed by atoms with Crippen LogP contribution in [0.1, 0.15) is 11.8 Å². The Labute approximate surface area is 114 Å². The van der Waals surface area contributed by atoms with Crippen molar-refractivity contribution in [1.29, 1.82) is 0 Å². The van der Waals surface area contributed by atoms with Crippen LogP contribution in [-0.2, 0) is 6.42 Å². The summed E-state index contributed by atoms with van der Waals surface area (Å²) in [5.41, 5.74) is 8.51. The van der Waals surface area contributed by atoms with Gasteiger partial charge in [-0.15, -0.1) is 11.3 Å². The minimum absolute atomic E-state index is 0.340. The Hall–Kier alpha value is -2.14. The zero-order chi connectivity index (χ0) is 13.2. The van der Waals surface area contributed by atoms with Gasteiger partial charge >= 0.3 is 0 Å². The van der Waals surface area contributed by atoms with Gasteiger partial charge in [-0.1, -0.05) is 12.1 Å².